The summed E-state index contributed by atoms with van der Waals surface area (Å²) in [5.41, 5.74) is 1.90. The van der Waals surface area contributed by atoms with Crippen LogP contribution in [0, 0.1) is 0 Å². The molecule has 0 radical (unpaired) electrons. The Kier molecular flexibility index (Phi) is 4.99. The molecule has 0 aliphatic carbocycles. The van der Waals surface area contributed by atoms with Gasteiger partial charge in [-0.2, -0.15) is 0 Å². The van der Waals surface area contributed by atoms with Gasteiger partial charge < -0.3 is 14.5 Å². The standard InChI is InChI=1S/C18H28N2O2/c1-18(2,3)22-17(21)20-12-7-6-11-16(20)14-9-8-10-15(13-14)19(4)5/h8-10,13,16H,6-7,11-12H2,1-5H3. The average Bonchev–Trinajstić information content (AvgIpc) is 2.45. The first-order valence-electron chi connectivity index (χ1n) is 8.05. The highest BCUT2D eigenvalue weighted by Gasteiger charge is 2.31. The van der Waals surface area contributed by atoms with E-state index in [4.69, 9.17) is 4.74 Å². The molecule has 0 bridgehead atoms. The van der Waals surface area contributed by atoms with Crippen molar-refractivity contribution in [3.63, 3.8) is 0 Å². The van der Waals surface area contributed by atoms with Gasteiger partial charge in [0.25, 0.3) is 0 Å². The van der Waals surface area contributed by atoms with Gasteiger partial charge in [-0.05, 0) is 57.7 Å². The molecule has 0 spiro atoms. The Morgan fingerprint density at radius 1 is 1.27 bits per heavy atom. The van der Waals surface area contributed by atoms with Gasteiger partial charge in [0.05, 0.1) is 6.04 Å². The summed E-state index contributed by atoms with van der Waals surface area (Å²) in [4.78, 5) is 16.5. The maximum absolute atomic E-state index is 12.5. The Bertz CT molecular complexity index is 520. The molecule has 1 aromatic carbocycles. The monoisotopic (exact) mass is 304 g/mol. The van der Waals surface area contributed by atoms with Crippen molar-refractivity contribution in [1.29, 1.82) is 0 Å². The van der Waals surface area contributed by atoms with E-state index in [1.165, 1.54) is 5.56 Å². The van der Waals surface area contributed by atoms with Crippen LogP contribution in [-0.4, -0.2) is 37.2 Å². The van der Waals surface area contributed by atoms with Gasteiger partial charge in [-0.15, -0.1) is 0 Å². The first-order chi connectivity index (χ1) is 10.3. The second-order valence-corrected chi connectivity index (χ2v) is 7.17. The second kappa shape index (κ2) is 6.59. The molecule has 1 heterocycles. The van der Waals surface area contributed by atoms with Crippen LogP contribution in [0.3, 0.4) is 0 Å². The predicted octanol–water partition coefficient (Wildman–Crippen LogP) is 4.21. The lowest BCUT2D eigenvalue weighted by molar-refractivity contribution is 0.00952. The molecule has 1 aromatic rings. The SMILES string of the molecule is CN(C)c1cccc(C2CCCCN2C(=O)OC(C)(C)C)c1. The number of benzene rings is 1. The molecule has 1 amide bonds. The molecule has 4 heteroatoms. The highest BCUT2D eigenvalue weighted by molar-refractivity contribution is 5.69. The van der Waals surface area contributed by atoms with Crippen LogP contribution >= 0.6 is 0 Å². The Labute approximate surface area is 134 Å². The van der Waals surface area contributed by atoms with Crippen molar-refractivity contribution in [2.45, 2.75) is 51.7 Å². The van der Waals surface area contributed by atoms with Gasteiger partial charge in [0, 0.05) is 26.3 Å². The van der Waals surface area contributed by atoms with Crippen molar-refractivity contribution in [3.05, 3.63) is 29.8 Å². The number of likely N-dealkylation sites (tertiary alicyclic amines) is 1. The van der Waals surface area contributed by atoms with Crippen molar-refractivity contribution in [1.82, 2.24) is 4.90 Å². The zero-order valence-electron chi connectivity index (χ0n) is 14.4. The van der Waals surface area contributed by atoms with Gasteiger partial charge in [0.1, 0.15) is 5.60 Å². The first-order valence-corrected chi connectivity index (χ1v) is 8.05. The largest absolute Gasteiger partial charge is 0.444 e. The molecule has 22 heavy (non-hydrogen) atoms. The zero-order valence-corrected chi connectivity index (χ0v) is 14.4. The van der Waals surface area contributed by atoms with Crippen molar-refractivity contribution < 1.29 is 9.53 Å². The normalized spacial score (nSPS) is 19.0. The maximum atomic E-state index is 12.5. The Hall–Kier alpha value is -1.71. The summed E-state index contributed by atoms with van der Waals surface area (Å²) < 4.78 is 5.58. The molecule has 122 valence electrons. The van der Waals surface area contributed by atoms with E-state index in [0.717, 1.165) is 31.5 Å². The third-order valence-electron chi connectivity index (χ3n) is 3.90. The number of hydrogen-bond acceptors (Lipinski definition) is 3. The zero-order chi connectivity index (χ0) is 16.3. The third kappa shape index (κ3) is 4.15. The Morgan fingerprint density at radius 3 is 2.64 bits per heavy atom. The van der Waals surface area contributed by atoms with Crippen molar-refractivity contribution in [2.24, 2.45) is 0 Å². The molecule has 1 aliphatic heterocycles. The molecule has 2 rings (SSSR count). The van der Waals surface area contributed by atoms with Gasteiger partial charge in [-0.3, -0.25) is 0 Å². The molecular weight excluding hydrogens is 276 g/mol. The van der Waals surface area contributed by atoms with E-state index in [1.807, 2.05) is 39.8 Å². The average molecular weight is 304 g/mol. The van der Waals surface area contributed by atoms with E-state index in [2.05, 4.69) is 29.2 Å². The predicted molar refractivity (Wildman–Crippen MR) is 90.3 cm³/mol. The summed E-state index contributed by atoms with van der Waals surface area (Å²) in [5, 5.41) is 0. The summed E-state index contributed by atoms with van der Waals surface area (Å²) in [6.07, 6.45) is 2.99. The van der Waals surface area contributed by atoms with E-state index in [0.29, 0.717) is 0 Å². The summed E-state index contributed by atoms with van der Waals surface area (Å²) in [5.74, 6) is 0. The molecule has 0 saturated carbocycles. The summed E-state index contributed by atoms with van der Waals surface area (Å²) in [6.45, 7) is 6.51. The van der Waals surface area contributed by atoms with Gasteiger partial charge in [0.15, 0.2) is 0 Å². The van der Waals surface area contributed by atoms with Crippen LogP contribution in [0.4, 0.5) is 10.5 Å². The number of nitrogens with zero attached hydrogens (tertiary/aromatic N) is 2. The summed E-state index contributed by atoms with van der Waals surface area (Å²) >= 11 is 0. The van der Waals surface area contributed by atoms with E-state index in [1.54, 1.807) is 0 Å². The van der Waals surface area contributed by atoms with Gasteiger partial charge in [-0.1, -0.05) is 12.1 Å². The minimum absolute atomic E-state index is 0.114. The smallest absolute Gasteiger partial charge is 0.410 e. The molecule has 1 aliphatic rings. The van der Waals surface area contributed by atoms with Crippen LogP contribution < -0.4 is 4.90 Å². The highest BCUT2D eigenvalue weighted by Crippen LogP contribution is 2.33. The van der Waals surface area contributed by atoms with Crippen LogP contribution in [0.5, 0.6) is 0 Å². The summed E-state index contributed by atoms with van der Waals surface area (Å²) in [7, 11) is 4.07. The van der Waals surface area contributed by atoms with Crippen molar-refractivity contribution in [2.75, 3.05) is 25.5 Å². The number of rotatable bonds is 2. The van der Waals surface area contributed by atoms with Gasteiger partial charge in [-0.25, -0.2) is 4.79 Å². The quantitative estimate of drug-likeness (QED) is 0.820. The van der Waals surface area contributed by atoms with Crippen LogP contribution in [0.25, 0.3) is 0 Å². The Balaban J connectivity index is 2.23. The molecule has 0 N–H and O–H groups in total. The fraction of sp³-hybridized carbons (Fsp3) is 0.611. The number of carbonyl (C=O) groups excluding carboxylic acids is 1. The van der Waals surface area contributed by atoms with Gasteiger partial charge in [0.2, 0.25) is 0 Å². The lowest BCUT2D eigenvalue weighted by atomic mass is 9.95. The minimum atomic E-state index is -0.454. The highest BCUT2D eigenvalue weighted by atomic mass is 16.6. The number of anilines is 1. The molecule has 0 aromatic heterocycles. The van der Waals surface area contributed by atoms with Crippen LogP contribution in [0.1, 0.15) is 51.6 Å². The van der Waals surface area contributed by atoms with Gasteiger partial charge >= 0.3 is 6.09 Å². The van der Waals surface area contributed by atoms with E-state index < -0.39 is 5.60 Å². The van der Waals surface area contributed by atoms with Crippen LogP contribution in [-0.2, 0) is 4.74 Å². The molecule has 4 nitrogen and oxygen atoms in total. The lowest BCUT2D eigenvalue weighted by Gasteiger charge is -2.37. The maximum Gasteiger partial charge on any atom is 0.410 e. The number of amides is 1. The molecule has 1 unspecified atom stereocenters. The fourth-order valence-corrected chi connectivity index (χ4v) is 2.83. The fourth-order valence-electron chi connectivity index (χ4n) is 2.83. The number of hydrogen-bond donors (Lipinski definition) is 0. The van der Waals surface area contributed by atoms with E-state index >= 15 is 0 Å². The second-order valence-electron chi connectivity index (χ2n) is 7.17. The first kappa shape index (κ1) is 16.7. The molecule has 1 fully saturated rings. The minimum Gasteiger partial charge on any atom is -0.444 e. The number of piperidine rings is 1. The Morgan fingerprint density at radius 2 is 2.00 bits per heavy atom. The van der Waals surface area contributed by atoms with Crippen LogP contribution in [0.15, 0.2) is 24.3 Å². The van der Waals surface area contributed by atoms with Crippen molar-refractivity contribution >= 4 is 11.8 Å². The molecule has 1 saturated heterocycles. The number of carbonyl (C=O) groups is 1. The number of ether oxygens (including phenoxy) is 1. The lowest BCUT2D eigenvalue weighted by Crippen LogP contribution is -2.41. The van der Waals surface area contributed by atoms with E-state index in [9.17, 15) is 4.79 Å². The van der Waals surface area contributed by atoms with E-state index in [-0.39, 0.29) is 12.1 Å². The van der Waals surface area contributed by atoms with Crippen LogP contribution in [0.2, 0.25) is 0 Å². The summed E-state index contributed by atoms with van der Waals surface area (Å²) in [6, 6.07) is 8.55. The molecular formula is C18H28N2O2. The topological polar surface area (TPSA) is 32.8 Å². The molecule has 1 atom stereocenters. The third-order valence-corrected chi connectivity index (χ3v) is 3.90. The van der Waals surface area contributed by atoms with Crippen molar-refractivity contribution in [3.8, 4) is 0 Å².